The Balaban J connectivity index is 1.87. The summed E-state index contributed by atoms with van der Waals surface area (Å²) in [6.07, 6.45) is 0. The van der Waals surface area contributed by atoms with Gasteiger partial charge in [0.25, 0.3) is 0 Å². The second-order valence-electron chi connectivity index (χ2n) is 5.33. The van der Waals surface area contributed by atoms with Gasteiger partial charge in [-0.15, -0.1) is 0 Å². The van der Waals surface area contributed by atoms with Crippen molar-refractivity contribution in [3.63, 3.8) is 0 Å². The van der Waals surface area contributed by atoms with Crippen LogP contribution in [0, 0.1) is 0 Å². The average molecular weight is 361 g/mol. The molecule has 4 heteroatoms. The summed E-state index contributed by atoms with van der Waals surface area (Å²) in [5.74, 6) is 0.00255. The predicted molar refractivity (Wildman–Crippen MR) is 93.4 cm³/mol. The van der Waals surface area contributed by atoms with Gasteiger partial charge in [-0.25, -0.2) is 0 Å². The Labute approximate surface area is 140 Å². The van der Waals surface area contributed by atoms with Gasteiger partial charge in [-0.2, -0.15) is 0 Å². The maximum atomic E-state index is 12.2. The van der Waals surface area contributed by atoms with Crippen molar-refractivity contribution in [3.8, 4) is 0 Å². The third kappa shape index (κ3) is 4.68. The Morgan fingerprint density at radius 2 is 1.68 bits per heavy atom. The molecule has 2 atom stereocenters. The smallest absolute Gasteiger partial charge is 0.237 e. The molecule has 0 aliphatic rings. The van der Waals surface area contributed by atoms with Crippen LogP contribution in [-0.2, 0) is 11.3 Å². The van der Waals surface area contributed by atoms with Gasteiger partial charge in [0, 0.05) is 17.1 Å². The number of carbonyl (C=O) groups is 1. The van der Waals surface area contributed by atoms with E-state index in [0.717, 1.165) is 15.6 Å². The van der Waals surface area contributed by atoms with Gasteiger partial charge >= 0.3 is 0 Å². The first kappa shape index (κ1) is 16.7. The highest BCUT2D eigenvalue weighted by Crippen LogP contribution is 2.22. The molecule has 22 heavy (non-hydrogen) atoms. The molecule has 0 aliphatic carbocycles. The van der Waals surface area contributed by atoms with Crippen LogP contribution in [0.1, 0.15) is 31.0 Å². The second kappa shape index (κ2) is 8.11. The normalized spacial score (nSPS) is 13.4. The van der Waals surface area contributed by atoms with E-state index in [9.17, 15) is 4.79 Å². The Kier molecular flexibility index (Phi) is 6.16. The molecule has 116 valence electrons. The highest BCUT2D eigenvalue weighted by molar-refractivity contribution is 9.10. The number of hydrogen-bond acceptors (Lipinski definition) is 2. The number of nitrogens with one attached hydrogen (secondary N) is 2. The minimum Gasteiger partial charge on any atom is -0.351 e. The molecule has 0 radical (unpaired) electrons. The first-order valence-corrected chi connectivity index (χ1v) is 8.19. The molecule has 2 rings (SSSR count). The van der Waals surface area contributed by atoms with Crippen LogP contribution < -0.4 is 10.6 Å². The van der Waals surface area contributed by atoms with Crippen LogP contribution in [-0.4, -0.2) is 11.9 Å². The van der Waals surface area contributed by atoms with Crippen molar-refractivity contribution in [2.24, 2.45) is 0 Å². The Bertz CT molecular complexity index is 615. The van der Waals surface area contributed by atoms with Gasteiger partial charge in [-0.05, 0) is 31.0 Å². The van der Waals surface area contributed by atoms with Crippen molar-refractivity contribution in [2.75, 3.05) is 0 Å². The van der Waals surface area contributed by atoms with E-state index in [2.05, 4.69) is 39.6 Å². The molecular weight excluding hydrogens is 340 g/mol. The van der Waals surface area contributed by atoms with E-state index < -0.39 is 0 Å². The largest absolute Gasteiger partial charge is 0.351 e. The van der Waals surface area contributed by atoms with E-state index >= 15 is 0 Å². The summed E-state index contributed by atoms with van der Waals surface area (Å²) in [6, 6.07) is 17.8. The van der Waals surface area contributed by atoms with Gasteiger partial charge in [0.15, 0.2) is 0 Å². The second-order valence-corrected chi connectivity index (χ2v) is 6.19. The molecule has 0 fully saturated rings. The summed E-state index contributed by atoms with van der Waals surface area (Å²) in [4.78, 5) is 12.2. The number of carbonyl (C=O) groups excluding carboxylic acids is 1. The molecule has 0 saturated heterocycles. The summed E-state index contributed by atoms with van der Waals surface area (Å²) in [5.41, 5.74) is 2.24. The van der Waals surface area contributed by atoms with Crippen LogP contribution in [0.25, 0.3) is 0 Å². The molecule has 2 aromatic rings. The number of rotatable bonds is 6. The first-order chi connectivity index (χ1) is 10.6. The van der Waals surface area contributed by atoms with Crippen LogP contribution in [0.5, 0.6) is 0 Å². The molecule has 0 aliphatic heterocycles. The summed E-state index contributed by atoms with van der Waals surface area (Å²) in [6.45, 7) is 4.49. The highest BCUT2D eigenvalue weighted by atomic mass is 79.9. The fourth-order valence-corrected chi connectivity index (χ4v) is 2.93. The van der Waals surface area contributed by atoms with Gasteiger partial charge in [0.05, 0.1) is 6.04 Å². The standard InChI is InChI=1S/C18H21BrN2O/c1-13(16-10-6-7-11-17(16)19)21-14(2)18(22)20-12-15-8-4-3-5-9-15/h3-11,13-14,21H,12H2,1-2H3,(H,20,22)/t13-,14+/m0/s1. The summed E-state index contributed by atoms with van der Waals surface area (Å²) in [7, 11) is 0. The number of hydrogen-bond donors (Lipinski definition) is 2. The molecule has 0 heterocycles. The zero-order chi connectivity index (χ0) is 15.9. The van der Waals surface area contributed by atoms with Crippen LogP contribution >= 0.6 is 15.9 Å². The van der Waals surface area contributed by atoms with E-state index in [1.165, 1.54) is 0 Å². The summed E-state index contributed by atoms with van der Waals surface area (Å²) >= 11 is 3.54. The van der Waals surface area contributed by atoms with Crippen LogP contribution in [0.2, 0.25) is 0 Å². The van der Waals surface area contributed by atoms with Crippen LogP contribution in [0.4, 0.5) is 0 Å². The van der Waals surface area contributed by atoms with Crippen molar-refractivity contribution < 1.29 is 4.79 Å². The number of halogens is 1. The fourth-order valence-electron chi connectivity index (χ4n) is 2.30. The third-order valence-electron chi connectivity index (χ3n) is 3.57. The molecule has 0 bridgehead atoms. The van der Waals surface area contributed by atoms with Crippen LogP contribution in [0.3, 0.4) is 0 Å². The van der Waals surface area contributed by atoms with E-state index in [1.807, 2.05) is 55.5 Å². The molecular formula is C18H21BrN2O. The SMILES string of the molecule is C[C@H](N[C@H](C)C(=O)NCc1ccccc1)c1ccccc1Br. The monoisotopic (exact) mass is 360 g/mol. The van der Waals surface area contributed by atoms with Crippen molar-refractivity contribution in [3.05, 3.63) is 70.2 Å². The molecule has 0 saturated carbocycles. The molecule has 0 spiro atoms. The minimum absolute atomic E-state index is 0.00255. The van der Waals surface area contributed by atoms with Gasteiger partial charge in [-0.3, -0.25) is 10.1 Å². The molecule has 2 aromatic carbocycles. The Morgan fingerprint density at radius 1 is 1.05 bits per heavy atom. The van der Waals surface area contributed by atoms with E-state index in [4.69, 9.17) is 0 Å². The first-order valence-electron chi connectivity index (χ1n) is 7.40. The minimum atomic E-state index is -0.259. The van der Waals surface area contributed by atoms with Crippen molar-refractivity contribution in [1.29, 1.82) is 0 Å². The fraction of sp³-hybridized carbons (Fsp3) is 0.278. The Morgan fingerprint density at radius 3 is 2.36 bits per heavy atom. The maximum Gasteiger partial charge on any atom is 0.237 e. The lowest BCUT2D eigenvalue weighted by atomic mass is 10.1. The summed E-state index contributed by atoms with van der Waals surface area (Å²) in [5, 5.41) is 6.29. The lowest BCUT2D eigenvalue weighted by Gasteiger charge is -2.21. The average Bonchev–Trinajstić information content (AvgIpc) is 2.53. The van der Waals surface area contributed by atoms with Gasteiger partial charge < -0.3 is 5.32 Å². The molecule has 3 nitrogen and oxygen atoms in total. The third-order valence-corrected chi connectivity index (χ3v) is 4.30. The van der Waals surface area contributed by atoms with Gasteiger partial charge in [-0.1, -0.05) is 64.5 Å². The lowest BCUT2D eigenvalue weighted by Crippen LogP contribution is -2.42. The van der Waals surface area contributed by atoms with E-state index in [1.54, 1.807) is 0 Å². The molecule has 0 aromatic heterocycles. The highest BCUT2D eigenvalue weighted by Gasteiger charge is 2.17. The molecule has 2 N–H and O–H groups in total. The topological polar surface area (TPSA) is 41.1 Å². The predicted octanol–water partition coefficient (Wildman–Crippen LogP) is 3.80. The van der Waals surface area contributed by atoms with Gasteiger partial charge in [0.1, 0.15) is 0 Å². The zero-order valence-electron chi connectivity index (χ0n) is 12.8. The van der Waals surface area contributed by atoms with Crippen molar-refractivity contribution >= 4 is 21.8 Å². The molecule has 1 amide bonds. The van der Waals surface area contributed by atoms with Crippen molar-refractivity contribution in [1.82, 2.24) is 10.6 Å². The summed E-state index contributed by atoms with van der Waals surface area (Å²) < 4.78 is 1.05. The maximum absolute atomic E-state index is 12.2. The number of benzene rings is 2. The zero-order valence-corrected chi connectivity index (χ0v) is 14.4. The van der Waals surface area contributed by atoms with Crippen LogP contribution in [0.15, 0.2) is 59.1 Å². The van der Waals surface area contributed by atoms with E-state index in [0.29, 0.717) is 6.54 Å². The molecule has 0 unspecified atom stereocenters. The number of amides is 1. The Hall–Kier alpha value is -1.65. The van der Waals surface area contributed by atoms with Gasteiger partial charge in [0.2, 0.25) is 5.91 Å². The lowest BCUT2D eigenvalue weighted by molar-refractivity contribution is -0.123. The quantitative estimate of drug-likeness (QED) is 0.822. The van der Waals surface area contributed by atoms with Crippen molar-refractivity contribution in [2.45, 2.75) is 32.5 Å². The van der Waals surface area contributed by atoms with E-state index in [-0.39, 0.29) is 18.0 Å².